The van der Waals surface area contributed by atoms with Crippen molar-refractivity contribution in [3.05, 3.63) is 48.2 Å². The zero-order chi connectivity index (χ0) is 14.4. The van der Waals surface area contributed by atoms with Gasteiger partial charge in [0.1, 0.15) is 0 Å². The molecule has 0 atom stereocenters. The van der Waals surface area contributed by atoms with Crippen LogP contribution in [0, 0.1) is 0 Å². The van der Waals surface area contributed by atoms with Gasteiger partial charge in [-0.05, 0) is 24.1 Å². The van der Waals surface area contributed by atoms with E-state index in [1.807, 2.05) is 24.1 Å². The molecule has 7 nitrogen and oxygen atoms in total. The van der Waals surface area contributed by atoms with Gasteiger partial charge in [0, 0.05) is 38.4 Å². The predicted molar refractivity (Wildman–Crippen MR) is 75.8 cm³/mol. The molecular weight excluding hydrogens is 256 g/mol. The fourth-order valence-electron chi connectivity index (χ4n) is 1.79. The first-order valence-corrected chi connectivity index (χ1v) is 6.11. The standard InChI is InChI=1S/C13H16N6O/c1-19(9-4-10-2-5-15-6-3-10)13-11(12(14)18-20)16-7-8-17-13/h2-3,5-8,20H,4,9H2,1H3,(H2,14,18). The van der Waals surface area contributed by atoms with E-state index in [9.17, 15) is 0 Å². The maximum atomic E-state index is 8.77. The molecule has 0 saturated heterocycles. The van der Waals surface area contributed by atoms with Crippen LogP contribution in [0.25, 0.3) is 0 Å². The first-order chi connectivity index (χ1) is 9.72. The first kappa shape index (κ1) is 13.7. The van der Waals surface area contributed by atoms with Crippen LogP contribution >= 0.6 is 0 Å². The zero-order valence-electron chi connectivity index (χ0n) is 11.1. The summed E-state index contributed by atoms with van der Waals surface area (Å²) in [6, 6.07) is 3.93. The summed E-state index contributed by atoms with van der Waals surface area (Å²) in [5, 5.41) is 11.7. The highest BCUT2D eigenvalue weighted by molar-refractivity contribution is 5.99. The second-order valence-corrected chi connectivity index (χ2v) is 4.24. The Kier molecular flexibility index (Phi) is 4.43. The number of nitrogens with zero attached hydrogens (tertiary/aromatic N) is 5. The fraction of sp³-hybridized carbons (Fsp3) is 0.231. The van der Waals surface area contributed by atoms with Crippen molar-refractivity contribution in [1.29, 1.82) is 0 Å². The second-order valence-electron chi connectivity index (χ2n) is 4.24. The van der Waals surface area contributed by atoms with Gasteiger partial charge < -0.3 is 15.8 Å². The minimum atomic E-state index is -0.0520. The number of pyridine rings is 1. The highest BCUT2D eigenvalue weighted by Gasteiger charge is 2.13. The largest absolute Gasteiger partial charge is 0.409 e. The molecule has 0 aliphatic heterocycles. The Morgan fingerprint density at radius 2 is 1.95 bits per heavy atom. The zero-order valence-corrected chi connectivity index (χ0v) is 11.1. The molecule has 0 saturated carbocycles. The SMILES string of the molecule is CN(CCc1ccncc1)c1nccnc1C(N)=NO. The molecular formula is C13H16N6O. The van der Waals surface area contributed by atoms with Gasteiger partial charge in [0.2, 0.25) is 0 Å². The molecule has 0 amide bonds. The number of oxime groups is 1. The smallest absolute Gasteiger partial charge is 0.192 e. The van der Waals surface area contributed by atoms with Crippen molar-refractivity contribution in [2.75, 3.05) is 18.5 Å². The maximum Gasteiger partial charge on any atom is 0.192 e. The monoisotopic (exact) mass is 272 g/mol. The van der Waals surface area contributed by atoms with Gasteiger partial charge >= 0.3 is 0 Å². The van der Waals surface area contributed by atoms with Crippen molar-refractivity contribution in [3.63, 3.8) is 0 Å². The lowest BCUT2D eigenvalue weighted by molar-refractivity contribution is 0.318. The third-order valence-electron chi connectivity index (χ3n) is 2.88. The minimum absolute atomic E-state index is 0.0520. The third kappa shape index (κ3) is 3.19. The van der Waals surface area contributed by atoms with Crippen LogP contribution in [0.4, 0.5) is 5.82 Å². The molecule has 2 heterocycles. The molecule has 20 heavy (non-hydrogen) atoms. The van der Waals surface area contributed by atoms with Crippen molar-refractivity contribution < 1.29 is 5.21 Å². The van der Waals surface area contributed by atoms with Gasteiger partial charge in [-0.1, -0.05) is 5.16 Å². The molecule has 0 bridgehead atoms. The van der Waals surface area contributed by atoms with Crippen LogP contribution in [0.1, 0.15) is 11.3 Å². The molecule has 3 N–H and O–H groups in total. The lowest BCUT2D eigenvalue weighted by Crippen LogP contribution is -2.27. The van der Waals surface area contributed by atoms with Gasteiger partial charge in [-0.25, -0.2) is 9.97 Å². The normalized spacial score (nSPS) is 11.3. The van der Waals surface area contributed by atoms with Crippen LogP contribution in [0.3, 0.4) is 0 Å². The topological polar surface area (TPSA) is 101 Å². The van der Waals surface area contributed by atoms with Gasteiger partial charge in [0.05, 0.1) is 0 Å². The summed E-state index contributed by atoms with van der Waals surface area (Å²) in [4.78, 5) is 14.2. The molecule has 2 aromatic heterocycles. The molecule has 2 aromatic rings. The van der Waals surface area contributed by atoms with Crippen LogP contribution in [0.2, 0.25) is 0 Å². The first-order valence-electron chi connectivity index (χ1n) is 6.11. The van der Waals surface area contributed by atoms with Crippen molar-refractivity contribution >= 4 is 11.7 Å². The number of rotatable bonds is 5. The van der Waals surface area contributed by atoms with Gasteiger partial charge in [-0.2, -0.15) is 0 Å². The molecule has 0 unspecified atom stereocenters. The van der Waals surface area contributed by atoms with Crippen LogP contribution in [-0.4, -0.2) is 39.6 Å². The van der Waals surface area contributed by atoms with Gasteiger partial charge in [0.25, 0.3) is 0 Å². The van der Waals surface area contributed by atoms with Gasteiger partial charge in [-0.15, -0.1) is 0 Å². The molecule has 0 fully saturated rings. The number of hydrogen-bond acceptors (Lipinski definition) is 6. The van der Waals surface area contributed by atoms with Gasteiger partial charge in [0.15, 0.2) is 17.3 Å². The molecule has 0 aromatic carbocycles. The summed E-state index contributed by atoms with van der Waals surface area (Å²) >= 11 is 0. The molecule has 104 valence electrons. The molecule has 7 heteroatoms. The van der Waals surface area contributed by atoms with E-state index in [1.165, 1.54) is 11.8 Å². The summed E-state index contributed by atoms with van der Waals surface area (Å²) in [6.07, 6.45) is 7.45. The van der Waals surface area contributed by atoms with E-state index in [0.29, 0.717) is 11.5 Å². The predicted octanol–water partition coefficient (Wildman–Crippen LogP) is 0.645. The number of likely N-dealkylation sites (N-methyl/N-ethyl adjacent to an activating group) is 1. The summed E-state index contributed by atoms with van der Waals surface area (Å²) in [7, 11) is 1.89. The molecule has 0 aliphatic carbocycles. The van der Waals surface area contributed by atoms with Gasteiger partial charge in [-0.3, -0.25) is 4.98 Å². The Bertz CT molecular complexity index is 586. The summed E-state index contributed by atoms with van der Waals surface area (Å²) in [5.41, 5.74) is 7.15. The fourth-order valence-corrected chi connectivity index (χ4v) is 1.79. The van der Waals surface area contributed by atoms with E-state index in [0.717, 1.165) is 13.0 Å². The van der Waals surface area contributed by atoms with Crippen molar-refractivity contribution in [3.8, 4) is 0 Å². The van der Waals surface area contributed by atoms with Crippen LogP contribution in [-0.2, 0) is 6.42 Å². The van der Waals surface area contributed by atoms with Crippen LogP contribution in [0.15, 0.2) is 42.1 Å². The number of nitrogens with two attached hydrogens (primary N) is 1. The minimum Gasteiger partial charge on any atom is -0.409 e. The lowest BCUT2D eigenvalue weighted by atomic mass is 10.2. The van der Waals surface area contributed by atoms with Crippen molar-refractivity contribution in [1.82, 2.24) is 15.0 Å². The van der Waals surface area contributed by atoms with E-state index >= 15 is 0 Å². The average Bonchev–Trinajstić information content (AvgIpc) is 2.52. The average molecular weight is 272 g/mol. The Morgan fingerprint density at radius 1 is 1.25 bits per heavy atom. The van der Waals surface area contributed by atoms with Crippen LogP contribution < -0.4 is 10.6 Å². The van der Waals surface area contributed by atoms with Crippen molar-refractivity contribution in [2.45, 2.75) is 6.42 Å². The quantitative estimate of drug-likeness (QED) is 0.358. The Morgan fingerprint density at radius 3 is 2.65 bits per heavy atom. The lowest BCUT2D eigenvalue weighted by Gasteiger charge is -2.19. The second kappa shape index (κ2) is 6.46. The van der Waals surface area contributed by atoms with E-state index in [4.69, 9.17) is 10.9 Å². The number of amidine groups is 1. The number of hydrogen-bond donors (Lipinski definition) is 2. The number of aromatic nitrogens is 3. The molecule has 2 rings (SSSR count). The highest BCUT2D eigenvalue weighted by Crippen LogP contribution is 2.13. The number of anilines is 1. The van der Waals surface area contributed by atoms with E-state index in [1.54, 1.807) is 18.6 Å². The van der Waals surface area contributed by atoms with E-state index < -0.39 is 0 Å². The van der Waals surface area contributed by atoms with Crippen LogP contribution in [0.5, 0.6) is 0 Å². The summed E-state index contributed by atoms with van der Waals surface area (Å²) < 4.78 is 0. The molecule has 0 aliphatic rings. The Labute approximate surface area is 116 Å². The highest BCUT2D eigenvalue weighted by atomic mass is 16.4. The maximum absolute atomic E-state index is 8.77. The summed E-state index contributed by atoms with van der Waals surface area (Å²) in [6.45, 7) is 0.731. The van der Waals surface area contributed by atoms with Crippen molar-refractivity contribution in [2.24, 2.45) is 10.9 Å². The third-order valence-corrected chi connectivity index (χ3v) is 2.88. The Balaban J connectivity index is 2.11. The van der Waals surface area contributed by atoms with E-state index in [2.05, 4.69) is 20.1 Å². The van der Waals surface area contributed by atoms with E-state index in [-0.39, 0.29) is 5.84 Å². The summed E-state index contributed by atoms with van der Waals surface area (Å²) in [5.74, 6) is 0.528. The molecule has 0 radical (unpaired) electrons. The molecule has 0 spiro atoms. The Hall–Kier alpha value is -2.70.